The van der Waals surface area contributed by atoms with E-state index in [1.807, 2.05) is 31.2 Å². The molecule has 0 saturated heterocycles. The lowest BCUT2D eigenvalue weighted by Gasteiger charge is -2.16. The van der Waals surface area contributed by atoms with Gasteiger partial charge in [0.25, 0.3) is 0 Å². The van der Waals surface area contributed by atoms with E-state index in [0.717, 1.165) is 36.4 Å². The first-order chi connectivity index (χ1) is 9.81. The molecule has 0 aliphatic heterocycles. The number of para-hydroxylation sites is 2. The van der Waals surface area contributed by atoms with Crippen molar-refractivity contribution in [2.24, 2.45) is 11.8 Å². The maximum absolute atomic E-state index is 5.79. The van der Waals surface area contributed by atoms with Crippen molar-refractivity contribution in [2.75, 3.05) is 26.3 Å². The van der Waals surface area contributed by atoms with Gasteiger partial charge in [0.05, 0.1) is 6.61 Å². The van der Waals surface area contributed by atoms with Gasteiger partial charge in [-0.25, -0.2) is 0 Å². The fourth-order valence-corrected chi connectivity index (χ4v) is 2.89. The van der Waals surface area contributed by atoms with Gasteiger partial charge < -0.3 is 14.8 Å². The smallest absolute Gasteiger partial charge is 0.161 e. The predicted molar refractivity (Wildman–Crippen MR) is 82.5 cm³/mol. The molecule has 1 aromatic rings. The van der Waals surface area contributed by atoms with Crippen molar-refractivity contribution in [1.82, 2.24) is 5.32 Å². The highest BCUT2D eigenvalue weighted by Gasteiger charge is 2.22. The van der Waals surface area contributed by atoms with Crippen molar-refractivity contribution in [3.63, 3.8) is 0 Å². The fourth-order valence-electron chi connectivity index (χ4n) is 2.89. The Bertz CT molecular complexity index is 394. The van der Waals surface area contributed by atoms with Crippen LogP contribution in [0.4, 0.5) is 0 Å². The lowest BCUT2D eigenvalue weighted by atomic mass is 9.98. The Kier molecular flexibility index (Phi) is 6.19. The first kappa shape index (κ1) is 15.2. The van der Waals surface area contributed by atoms with Crippen LogP contribution in [0.5, 0.6) is 11.5 Å². The molecule has 1 N–H and O–H groups in total. The Morgan fingerprint density at radius 3 is 2.55 bits per heavy atom. The summed E-state index contributed by atoms with van der Waals surface area (Å²) in [5, 5.41) is 3.51. The normalized spacial score (nSPS) is 21.9. The molecule has 1 saturated carbocycles. The van der Waals surface area contributed by atoms with E-state index >= 15 is 0 Å². The minimum atomic E-state index is 0.665. The van der Waals surface area contributed by atoms with Crippen LogP contribution >= 0.6 is 0 Å². The third-order valence-electron chi connectivity index (χ3n) is 4.13. The van der Waals surface area contributed by atoms with E-state index in [0.29, 0.717) is 13.2 Å². The first-order valence-electron chi connectivity index (χ1n) is 7.86. The molecule has 1 fully saturated rings. The quantitative estimate of drug-likeness (QED) is 0.738. The first-order valence-corrected chi connectivity index (χ1v) is 7.86. The van der Waals surface area contributed by atoms with Gasteiger partial charge in [-0.15, -0.1) is 0 Å². The van der Waals surface area contributed by atoms with Crippen LogP contribution in [0, 0.1) is 11.8 Å². The highest BCUT2D eigenvalue weighted by molar-refractivity contribution is 5.39. The molecule has 0 aromatic heterocycles. The van der Waals surface area contributed by atoms with Crippen LogP contribution in [-0.2, 0) is 0 Å². The number of benzene rings is 1. The lowest BCUT2D eigenvalue weighted by Crippen LogP contribution is -2.28. The van der Waals surface area contributed by atoms with Gasteiger partial charge in [0.1, 0.15) is 6.61 Å². The molecule has 2 atom stereocenters. The fraction of sp³-hybridized carbons (Fsp3) is 0.647. The van der Waals surface area contributed by atoms with Crippen LogP contribution in [0.1, 0.15) is 33.1 Å². The minimum absolute atomic E-state index is 0.665. The molecule has 3 nitrogen and oxygen atoms in total. The zero-order chi connectivity index (χ0) is 14.2. The Labute approximate surface area is 122 Å². The molecule has 20 heavy (non-hydrogen) atoms. The zero-order valence-electron chi connectivity index (χ0n) is 12.7. The van der Waals surface area contributed by atoms with Crippen molar-refractivity contribution < 1.29 is 9.47 Å². The molecule has 112 valence electrons. The van der Waals surface area contributed by atoms with Gasteiger partial charge in [-0.05, 0) is 43.9 Å². The van der Waals surface area contributed by atoms with Crippen molar-refractivity contribution >= 4 is 0 Å². The van der Waals surface area contributed by atoms with E-state index in [-0.39, 0.29) is 0 Å². The summed E-state index contributed by atoms with van der Waals surface area (Å²) in [6.07, 6.45) is 4.17. The molecule has 1 aliphatic rings. The van der Waals surface area contributed by atoms with Crippen LogP contribution < -0.4 is 14.8 Å². The second-order valence-electron chi connectivity index (χ2n) is 5.60. The molecule has 0 spiro atoms. The predicted octanol–water partition coefficient (Wildman–Crippen LogP) is 3.49. The molecule has 0 radical (unpaired) electrons. The van der Waals surface area contributed by atoms with Crippen molar-refractivity contribution in [3.8, 4) is 11.5 Å². The molecule has 3 heteroatoms. The number of hydrogen-bond acceptors (Lipinski definition) is 3. The summed E-state index contributed by atoms with van der Waals surface area (Å²) in [6.45, 7) is 7.72. The van der Waals surface area contributed by atoms with Crippen LogP contribution in [0.15, 0.2) is 24.3 Å². The van der Waals surface area contributed by atoms with E-state index in [1.54, 1.807) is 0 Å². The van der Waals surface area contributed by atoms with Crippen LogP contribution in [-0.4, -0.2) is 26.3 Å². The van der Waals surface area contributed by atoms with E-state index in [2.05, 4.69) is 12.2 Å². The van der Waals surface area contributed by atoms with Gasteiger partial charge in [0, 0.05) is 6.54 Å². The van der Waals surface area contributed by atoms with E-state index < -0.39 is 0 Å². The van der Waals surface area contributed by atoms with Crippen LogP contribution in [0.2, 0.25) is 0 Å². The van der Waals surface area contributed by atoms with E-state index in [1.165, 1.54) is 19.3 Å². The van der Waals surface area contributed by atoms with Gasteiger partial charge in [-0.1, -0.05) is 31.9 Å². The molecular formula is C17H27NO2. The molecule has 0 bridgehead atoms. The highest BCUT2D eigenvalue weighted by atomic mass is 16.5. The maximum Gasteiger partial charge on any atom is 0.161 e. The van der Waals surface area contributed by atoms with E-state index in [4.69, 9.17) is 9.47 Å². The monoisotopic (exact) mass is 277 g/mol. The minimum Gasteiger partial charge on any atom is -0.490 e. The molecular weight excluding hydrogens is 250 g/mol. The Hall–Kier alpha value is -1.22. The van der Waals surface area contributed by atoms with Gasteiger partial charge in [-0.2, -0.15) is 0 Å². The number of ether oxygens (including phenoxy) is 2. The molecule has 0 heterocycles. The molecule has 2 rings (SSSR count). The van der Waals surface area contributed by atoms with Crippen molar-refractivity contribution in [3.05, 3.63) is 24.3 Å². The van der Waals surface area contributed by atoms with Crippen molar-refractivity contribution in [1.29, 1.82) is 0 Å². The summed E-state index contributed by atoms with van der Waals surface area (Å²) in [5.41, 5.74) is 0. The largest absolute Gasteiger partial charge is 0.490 e. The second kappa shape index (κ2) is 8.15. The summed E-state index contributed by atoms with van der Waals surface area (Å²) >= 11 is 0. The zero-order valence-corrected chi connectivity index (χ0v) is 12.7. The third kappa shape index (κ3) is 4.41. The molecule has 2 unspecified atom stereocenters. The van der Waals surface area contributed by atoms with Crippen LogP contribution in [0.25, 0.3) is 0 Å². The Morgan fingerprint density at radius 2 is 1.90 bits per heavy atom. The molecule has 1 aromatic carbocycles. The number of rotatable bonds is 8. The Morgan fingerprint density at radius 1 is 1.15 bits per heavy atom. The highest BCUT2D eigenvalue weighted by Crippen LogP contribution is 2.30. The maximum atomic E-state index is 5.79. The van der Waals surface area contributed by atoms with Gasteiger partial charge in [0.2, 0.25) is 0 Å². The summed E-state index contributed by atoms with van der Waals surface area (Å²) in [6, 6.07) is 7.86. The second-order valence-corrected chi connectivity index (χ2v) is 5.60. The topological polar surface area (TPSA) is 30.5 Å². The summed E-state index contributed by atoms with van der Waals surface area (Å²) in [4.78, 5) is 0. The standard InChI is InChI=1S/C17H27NO2/c1-3-19-16-9-4-5-10-17(16)20-12-11-18-13-15-8-6-7-14(15)2/h4-5,9-10,14-15,18H,3,6-8,11-13H2,1-2H3. The Balaban J connectivity index is 1.65. The number of nitrogens with one attached hydrogen (secondary N) is 1. The summed E-state index contributed by atoms with van der Waals surface area (Å²) in [7, 11) is 0. The lowest BCUT2D eigenvalue weighted by molar-refractivity contribution is 0.271. The third-order valence-corrected chi connectivity index (χ3v) is 4.13. The van der Waals surface area contributed by atoms with Crippen LogP contribution in [0.3, 0.4) is 0 Å². The molecule has 0 amide bonds. The number of hydrogen-bond donors (Lipinski definition) is 1. The summed E-state index contributed by atoms with van der Waals surface area (Å²) in [5.74, 6) is 3.40. The van der Waals surface area contributed by atoms with Crippen molar-refractivity contribution in [2.45, 2.75) is 33.1 Å². The average Bonchev–Trinajstić information content (AvgIpc) is 2.86. The van der Waals surface area contributed by atoms with Gasteiger partial charge in [0.15, 0.2) is 11.5 Å². The molecule has 1 aliphatic carbocycles. The summed E-state index contributed by atoms with van der Waals surface area (Å²) < 4.78 is 11.3. The average molecular weight is 277 g/mol. The van der Waals surface area contributed by atoms with Gasteiger partial charge >= 0.3 is 0 Å². The van der Waals surface area contributed by atoms with E-state index in [9.17, 15) is 0 Å². The van der Waals surface area contributed by atoms with Gasteiger partial charge in [-0.3, -0.25) is 0 Å². The SMILES string of the molecule is CCOc1ccccc1OCCNCC1CCCC1C.